The Balaban J connectivity index is 2.11. The zero-order chi connectivity index (χ0) is 13.2. The first-order valence-corrected chi connectivity index (χ1v) is 7.98. The van der Waals surface area contributed by atoms with Crippen LogP contribution in [0.4, 0.5) is 0 Å². The van der Waals surface area contributed by atoms with E-state index in [0.717, 1.165) is 37.5 Å². The number of aliphatic hydroxyl groups is 1. The van der Waals surface area contributed by atoms with Crippen LogP contribution in [0.15, 0.2) is 0 Å². The molecule has 106 valence electrons. The maximum atomic E-state index is 11.2. The van der Waals surface area contributed by atoms with Gasteiger partial charge in [0, 0.05) is 12.0 Å². The summed E-state index contributed by atoms with van der Waals surface area (Å²) in [5.41, 5.74) is 5.67. The summed E-state index contributed by atoms with van der Waals surface area (Å²) in [5.74, 6) is 1.57. The monoisotopic (exact) mass is 253 g/mol. The lowest BCUT2D eigenvalue weighted by Gasteiger charge is -2.53. The molecule has 2 aliphatic rings. The second-order valence-corrected chi connectivity index (χ2v) is 7.07. The second kappa shape index (κ2) is 5.50. The summed E-state index contributed by atoms with van der Waals surface area (Å²) in [6.07, 6.45) is 10.5. The lowest BCUT2D eigenvalue weighted by molar-refractivity contribution is -0.135. The van der Waals surface area contributed by atoms with Gasteiger partial charge in [-0.3, -0.25) is 0 Å². The fraction of sp³-hybridized carbons (Fsp3) is 1.00. The summed E-state index contributed by atoms with van der Waals surface area (Å²) in [4.78, 5) is 0. The normalized spacial score (nSPS) is 46.0. The third-order valence-corrected chi connectivity index (χ3v) is 5.98. The van der Waals surface area contributed by atoms with Crippen LogP contribution >= 0.6 is 0 Å². The standard InChI is InChI=1S/C16H31NO/c1-3-14-6-9-16(18,10-7-14)15(12-17)8-4-5-13(2)11-15/h13-14,18H,3-12,17H2,1-2H3. The minimum atomic E-state index is -0.470. The van der Waals surface area contributed by atoms with Crippen LogP contribution in [0.1, 0.15) is 71.6 Å². The van der Waals surface area contributed by atoms with Gasteiger partial charge in [0.2, 0.25) is 0 Å². The summed E-state index contributed by atoms with van der Waals surface area (Å²) < 4.78 is 0. The van der Waals surface area contributed by atoms with E-state index in [2.05, 4.69) is 13.8 Å². The third kappa shape index (κ3) is 2.46. The van der Waals surface area contributed by atoms with Gasteiger partial charge in [0.15, 0.2) is 0 Å². The summed E-state index contributed by atoms with van der Waals surface area (Å²) in [7, 11) is 0. The van der Waals surface area contributed by atoms with E-state index in [9.17, 15) is 5.11 Å². The van der Waals surface area contributed by atoms with Crippen molar-refractivity contribution in [1.82, 2.24) is 0 Å². The van der Waals surface area contributed by atoms with E-state index in [1.807, 2.05) is 0 Å². The fourth-order valence-corrected chi connectivity index (χ4v) is 4.55. The van der Waals surface area contributed by atoms with Crippen molar-refractivity contribution in [3.05, 3.63) is 0 Å². The van der Waals surface area contributed by atoms with Gasteiger partial charge < -0.3 is 10.8 Å². The summed E-state index contributed by atoms with van der Waals surface area (Å²) in [6.45, 7) is 5.27. The van der Waals surface area contributed by atoms with Crippen LogP contribution in [-0.4, -0.2) is 17.3 Å². The highest BCUT2D eigenvalue weighted by atomic mass is 16.3. The first-order valence-electron chi connectivity index (χ1n) is 7.98. The van der Waals surface area contributed by atoms with E-state index in [-0.39, 0.29) is 5.41 Å². The molecule has 0 bridgehead atoms. The highest BCUT2D eigenvalue weighted by Gasteiger charge is 2.51. The molecule has 2 nitrogen and oxygen atoms in total. The molecule has 0 aromatic rings. The molecule has 2 saturated carbocycles. The van der Waals surface area contributed by atoms with Gasteiger partial charge in [-0.15, -0.1) is 0 Å². The molecule has 0 aliphatic heterocycles. The molecule has 2 aliphatic carbocycles. The van der Waals surface area contributed by atoms with Gasteiger partial charge in [0.1, 0.15) is 0 Å². The van der Waals surface area contributed by atoms with Crippen molar-refractivity contribution < 1.29 is 5.11 Å². The van der Waals surface area contributed by atoms with E-state index in [0.29, 0.717) is 6.54 Å². The Morgan fingerprint density at radius 3 is 2.33 bits per heavy atom. The number of rotatable bonds is 3. The number of nitrogens with two attached hydrogens (primary N) is 1. The smallest absolute Gasteiger partial charge is 0.0716 e. The summed E-state index contributed by atoms with van der Waals surface area (Å²) in [5, 5.41) is 11.2. The maximum absolute atomic E-state index is 11.2. The Morgan fingerprint density at radius 2 is 1.83 bits per heavy atom. The van der Waals surface area contributed by atoms with Crippen molar-refractivity contribution >= 4 is 0 Å². The molecule has 0 amide bonds. The van der Waals surface area contributed by atoms with E-state index in [1.165, 1.54) is 32.1 Å². The second-order valence-electron chi connectivity index (χ2n) is 7.07. The lowest BCUT2D eigenvalue weighted by Crippen LogP contribution is -2.56. The van der Waals surface area contributed by atoms with Crippen molar-refractivity contribution in [1.29, 1.82) is 0 Å². The van der Waals surface area contributed by atoms with Crippen molar-refractivity contribution in [3.8, 4) is 0 Å². The minimum absolute atomic E-state index is 0.0172. The maximum Gasteiger partial charge on any atom is 0.0716 e. The van der Waals surface area contributed by atoms with Crippen LogP contribution in [0.2, 0.25) is 0 Å². The zero-order valence-electron chi connectivity index (χ0n) is 12.3. The SMILES string of the molecule is CCC1CCC(O)(C2(CN)CCCC(C)C2)CC1. The van der Waals surface area contributed by atoms with Gasteiger partial charge in [-0.1, -0.05) is 33.1 Å². The predicted octanol–water partition coefficient (Wildman–Crippen LogP) is 3.47. The highest BCUT2D eigenvalue weighted by molar-refractivity contribution is 5.03. The molecule has 0 spiro atoms. The molecular formula is C16H31NO. The van der Waals surface area contributed by atoms with Crippen molar-refractivity contribution in [3.63, 3.8) is 0 Å². The van der Waals surface area contributed by atoms with Crippen LogP contribution in [0.5, 0.6) is 0 Å². The minimum Gasteiger partial charge on any atom is -0.389 e. The topological polar surface area (TPSA) is 46.2 Å². The molecule has 0 radical (unpaired) electrons. The Bertz CT molecular complexity index is 270. The Hall–Kier alpha value is -0.0800. The molecule has 18 heavy (non-hydrogen) atoms. The van der Waals surface area contributed by atoms with E-state index >= 15 is 0 Å². The predicted molar refractivity (Wildman–Crippen MR) is 76.3 cm³/mol. The number of hydrogen-bond acceptors (Lipinski definition) is 2. The molecule has 2 heteroatoms. The number of hydrogen-bond donors (Lipinski definition) is 2. The zero-order valence-corrected chi connectivity index (χ0v) is 12.3. The van der Waals surface area contributed by atoms with E-state index < -0.39 is 5.60 Å². The van der Waals surface area contributed by atoms with Crippen LogP contribution < -0.4 is 5.73 Å². The van der Waals surface area contributed by atoms with Crippen molar-refractivity contribution in [2.75, 3.05) is 6.54 Å². The third-order valence-electron chi connectivity index (χ3n) is 5.98. The molecule has 3 N–H and O–H groups in total. The summed E-state index contributed by atoms with van der Waals surface area (Å²) >= 11 is 0. The van der Waals surface area contributed by atoms with E-state index in [1.54, 1.807) is 0 Å². The van der Waals surface area contributed by atoms with Crippen LogP contribution in [0, 0.1) is 17.3 Å². The van der Waals surface area contributed by atoms with Gasteiger partial charge in [-0.05, 0) is 50.4 Å². The quantitative estimate of drug-likeness (QED) is 0.809. The average Bonchev–Trinajstić information content (AvgIpc) is 2.39. The fourth-order valence-electron chi connectivity index (χ4n) is 4.55. The van der Waals surface area contributed by atoms with Gasteiger partial charge in [-0.2, -0.15) is 0 Å². The molecule has 0 aromatic heterocycles. The first kappa shape index (κ1) is 14.3. The van der Waals surface area contributed by atoms with Gasteiger partial charge in [0.25, 0.3) is 0 Å². The largest absolute Gasteiger partial charge is 0.389 e. The average molecular weight is 253 g/mol. The Labute approximate surface area is 112 Å². The molecule has 2 unspecified atom stereocenters. The van der Waals surface area contributed by atoms with Crippen molar-refractivity contribution in [2.24, 2.45) is 23.0 Å². The molecule has 0 heterocycles. The lowest BCUT2D eigenvalue weighted by atomic mass is 9.56. The molecule has 2 atom stereocenters. The Morgan fingerprint density at radius 1 is 1.17 bits per heavy atom. The first-order chi connectivity index (χ1) is 8.55. The molecular weight excluding hydrogens is 222 g/mol. The highest BCUT2D eigenvalue weighted by Crippen LogP contribution is 2.52. The van der Waals surface area contributed by atoms with E-state index in [4.69, 9.17) is 5.73 Å². The van der Waals surface area contributed by atoms with Crippen molar-refractivity contribution in [2.45, 2.75) is 77.2 Å². The van der Waals surface area contributed by atoms with Crippen LogP contribution in [-0.2, 0) is 0 Å². The van der Waals surface area contributed by atoms with Gasteiger partial charge in [0.05, 0.1) is 5.60 Å². The van der Waals surface area contributed by atoms with Gasteiger partial charge >= 0.3 is 0 Å². The molecule has 0 saturated heterocycles. The molecule has 2 fully saturated rings. The van der Waals surface area contributed by atoms with Crippen LogP contribution in [0.3, 0.4) is 0 Å². The Kier molecular flexibility index (Phi) is 4.38. The molecule has 0 aromatic carbocycles. The van der Waals surface area contributed by atoms with Gasteiger partial charge in [-0.25, -0.2) is 0 Å². The molecule has 2 rings (SSSR count). The van der Waals surface area contributed by atoms with Crippen LogP contribution in [0.25, 0.3) is 0 Å². The summed E-state index contributed by atoms with van der Waals surface area (Å²) in [6, 6.07) is 0.